The van der Waals surface area contributed by atoms with E-state index in [0.717, 1.165) is 32.2 Å². The molecule has 0 saturated carbocycles. The fourth-order valence-corrected chi connectivity index (χ4v) is 2.28. The second-order valence-corrected chi connectivity index (χ2v) is 6.20. The van der Waals surface area contributed by atoms with Crippen molar-refractivity contribution in [2.75, 3.05) is 6.54 Å². The van der Waals surface area contributed by atoms with E-state index in [0.29, 0.717) is 12.8 Å². The first-order valence-electron chi connectivity index (χ1n) is 9.70. The molecule has 0 aromatic carbocycles. The average molecular weight is 359 g/mol. The van der Waals surface area contributed by atoms with Crippen LogP contribution in [0.15, 0.2) is 0 Å². The first-order chi connectivity index (χ1) is 11.9. The van der Waals surface area contributed by atoms with Crippen molar-refractivity contribution in [2.24, 2.45) is 5.73 Å². The van der Waals surface area contributed by atoms with Crippen LogP contribution in [0.4, 0.5) is 0 Å². The van der Waals surface area contributed by atoms with E-state index in [1.807, 2.05) is 6.92 Å². The van der Waals surface area contributed by atoms with Crippen LogP contribution in [0.3, 0.4) is 0 Å². The Bertz CT molecular complexity index is 346. The Hall–Kier alpha value is -1.59. The van der Waals surface area contributed by atoms with E-state index in [2.05, 4.69) is 5.32 Å². The Labute approximate surface area is 152 Å². The lowest BCUT2D eigenvalue weighted by Crippen LogP contribution is -2.21. The van der Waals surface area contributed by atoms with Crippen LogP contribution in [0.1, 0.15) is 97.3 Å². The standard InChI is InChI=1S/C16H32N2O2.C3H6O2/c1-2-18-16(20)14-12-10-8-6-4-3-5-7-9-11-13-15(17)19;1-2-3(4)5/h2-14H2,1H3,(H2,17,19)(H,18,20);2H2,1H3,(H,4,5). The van der Waals surface area contributed by atoms with Crippen LogP contribution in [0.2, 0.25) is 0 Å². The highest BCUT2D eigenvalue weighted by atomic mass is 16.4. The summed E-state index contributed by atoms with van der Waals surface area (Å²) in [5.74, 6) is -0.744. The molecule has 0 aliphatic rings. The highest BCUT2D eigenvalue weighted by molar-refractivity contribution is 5.75. The number of amides is 2. The molecule has 0 atom stereocenters. The summed E-state index contributed by atoms with van der Waals surface area (Å²) >= 11 is 0. The summed E-state index contributed by atoms with van der Waals surface area (Å²) in [6.07, 6.45) is 13.2. The molecular weight excluding hydrogens is 320 g/mol. The zero-order valence-corrected chi connectivity index (χ0v) is 16.1. The Morgan fingerprint density at radius 3 is 1.44 bits per heavy atom. The van der Waals surface area contributed by atoms with Crippen LogP contribution in [-0.2, 0) is 14.4 Å². The Balaban J connectivity index is 0. The van der Waals surface area contributed by atoms with E-state index in [-0.39, 0.29) is 18.2 Å². The maximum atomic E-state index is 11.2. The van der Waals surface area contributed by atoms with Gasteiger partial charge in [0, 0.05) is 25.8 Å². The third-order valence-corrected chi connectivity index (χ3v) is 3.75. The summed E-state index contributed by atoms with van der Waals surface area (Å²) in [5.41, 5.74) is 5.08. The summed E-state index contributed by atoms with van der Waals surface area (Å²) in [4.78, 5) is 31.1. The van der Waals surface area contributed by atoms with E-state index in [1.165, 1.54) is 38.5 Å². The summed E-state index contributed by atoms with van der Waals surface area (Å²) < 4.78 is 0. The quantitative estimate of drug-likeness (QED) is 0.387. The molecule has 0 aromatic heterocycles. The topological polar surface area (TPSA) is 109 Å². The lowest BCUT2D eigenvalue weighted by molar-refractivity contribution is -0.136. The number of carbonyl (C=O) groups excluding carboxylic acids is 2. The first kappa shape index (κ1) is 25.6. The maximum Gasteiger partial charge on any atom is 0.303 e. The molecule has 0 aromatic rings. The number of unbranched alkanes of at least 4 members (excludes halogenated alkanes) is 9. The molecule has 0 spiro atoms. The predicted molar refractivity (Wildman–Crippen MR) is 101 cm³/mol. The zero-order valence-electron chi connectivity index (χ0n) is 16.1. The molecule has 148 valence electrons. The molecular formula is C19H38N2O4. The van der Waals surface area contributed by atoms with Crippen molar-refractivity contribution in [2.45, 2.75) is 97.3 Å². The summed E-state index contributed by atoms with van der Waals surface area (Å²) in [7, 11) is 0. The van der Waals surface area contributed by atoms with Gasteiger partial charge in [0.05, 0.1) is 0 Å². The van der Waals surface area contributed by atoms with Gasteiger partial charge in [-0.15, -0.1) is 0 Å². The van der Waals surface area contributed by atoms with Crippen molar-refractivity contribution in [3.05, 3.63) is 0 Å². The van der Waals surface area contributed by atoms with E-state index in [1.54, 1.807) is 6.92 Å². The van der Waals surface area contributed by atoms with Gasteiger partial charge in [-0.2, -0.15) is 0 Å². The number of nitrogens with two attached hydrogens (primary N) is 1. The number of nitrogens with one attached hydrogen (secondary N) is 1. The number of hydrogen-bond acceptors (Lipinski definition) is 3. The summed E-state index contributed by atoms with van der Waals surface area (Å²) in [5, 5.41) is 10.5. The van der Waals surface area contributed by atoms with E-state index >= 15 is 0 Å². The van der Waals surface area contributed by atoms with Crippen LogP contribution >= 0.6 is 0 Å². The number of carboxylic acid groups (broad SMARTS) is 1. The molecule has 25 heavy (non-hydrogen) atoms. The number of rotatable bonds is 15. The van der Waals surface area contributed by atoms with Gasteiger partial charge in [0.1, 0.15) is 0 Å². The Kier molecular flexibility index (Phi) is 21.0. The molecule has 0 aliphatic carbocycles. The Morgan fingerprint density at radius 2 is 1.12 bits per heavy atom. The van der Waals surface area contributed by atoms with E-state index < -0.39 is 5.97 Å². The van der Waals surface area contributed by atoms with Gasteiger partial charge in [0.15, 0.2) is 0 Å². The highest BCUT2D eigenvalue weighted by Gasteiger charge is 1.99. The monoisotopic (exact) mass is 358 g/mol. The molecule has 0 heterocycles. The number of hydrogen-bond donors (Lipinski definition) is 3. The minimum absolute atomic E-state index is 0.183. The van der Waals surface area contributed by atoms with Crippen molar-refractivity contribution >= 4 is 17.8 Å². The van der Waals surface area contributed by atoms with Gasteiger partial charge < -0.3 is 16.2 Å². The summed E-state index contributed by atoms with van der Waals surface area (Å²) in [6.45, 7) is 4.28. The zero-order chi connectivity index (χ0) is 19.3. The largest absolute Gasteiger partial charge is 0.481 e. The van der Waals surface area contributed by atoms with Gasteiger partial charge in [0.2, 0.25) is 11.8 Å². The minimum atomic E-state index is -0.745. The number of aliphatic carboxylic acids is 1. The molecule has 4 N–H and O–H groups in total. The van der Waals surface area contributed by atoms with Crippen LogP contribution in [0, 0.1) is 0 Å². The van der Waals surface area contributed by atoms with E-state index in [4.69, 9.17) is 10.8 Å². The number of carboxylic acids is 1. The van der Waals surface area contributed by atoms with Crippen molar-refractivity contribution in [3.63, 3.8) is 0 Å². The van der Waals surface area contributed by atoms with Gasteiger partial charge in [-0.3, -0.25) is 14.4 Å². The molecule has 0 radical (unpaired) electrons. The SMILES string of the molecule is CCC(=O)O.CCNC(=O)CCCCCCCCCCCCC(N)=O. The van der Waals surface area contributed by atoms with Crippen LogP contribution in [0.5, 0.6) is 0 Å². The van der Waals surface area contributed by atoms with Gasteiger partial charge in [0.25, 0.3) is 0 Å². The molecule has 0 unspecified atom stereocenters. The van der Waals surface area contributed by atoms with Crippen molar-refractivity contribution in [1.82, 2.24) is 5.32 Å². The van der Waals surface area contributed by atoms with Crippen molar-refractivity contribution < 1.29 is 19.5 Å². The second kappa shape index (κ2) is 20.5. The van der Waals surface area contributed by atoms with Gasteiger partial charge >= 0.3 is 5.97 Å². The molecule has 6 nitrogen and oxygen atoms in total. The molecule has 0 aliphatic heterocycles. The average Bonchev–Trinajstić information content (AvgIpc) is 2.56. The van der Waals surface area contributed by atoms with Crippen molar-refractivity contribution in [1.29, 1.82) is 0 Å². The van der Waals surface area contributed by atoms with Gasteiger partial charge in [-0.1, -0.05) is 58.3 Å². The highest BCUT2D eigenvalue weighted by Crippen LogP contribution is 2.11. The molecule has 0 bridgehead atoms. The number of primary amides is 1. The summed E-state index contributed by atoms with van der Waals surface area (Å²) in [6, 6.07) is 0. The smallest absolute Gasteiger partial charge is 0.303 e. The minimum Gasteiger partial charge on any atom is -0.481 e. The van der Waals surface area contributed by atoms with Crippen LogP contribution < -0.4 is 11.1 Å². The molecule has 0 saturated heterocycles. The normalized spacial score (nSPS) is 9.84. The van der Waals surface area contributed by atoms with Gasteiger partial charge in [-0.25, -0.2) is 0 Å². The molecule has 0 fully saturated rings. The fraction of sp³-hybridized carbons (Fsp3) is 0.842. The van der Waals surface area contributed by atoms with Crippen LogP contribution in [0.25, 0.3) is 0 Å². The predicted octanol–water partition coefficient (Wildman–Crippen LogP) is 3.77. The van der Waals surface area contributed by atoms with Crippen molar-refractivity contribution in [3.8, 4) is 0 Å². The lowest BCUT2D eigenvalue weighted by Gasteiger charge is -2.03. The van der Waals surface area contributed by atoms with E-state index in [9.17, 15) is 14.4 Å². The maximum absolute atomic E-state index is 11.2. The second-order valence-electron chi connectivity index (χ2n) is 6.20. The third kappa shape index (κ3) is 27.5. The van der Waals surface area contributed by atoms with Crippen LogP contribution in [-0.4, -0.2) is 29.4 Å². The number of carbonyl (C=O) groups is 3. The molecule has 0 rings (SSSR count). The van der Waals surface area contributed by atoms with Gasteiger partial charge in [-0.05, 0) is 19.8 Å². The molecule has 6 heteroatoms. The Morgan fingerprint density at radius 1 is 0.760 bits per heavy atom. The lowest BCUT2D eigenvalue weighted by atomic mass is 10.0. The third-order valence-electron chi connectivity index (χ3n) is 3.75. The molecule has 2 amide bonds. The first-order valence-corrected chi connectivity index (χ1v) is 9.70. The fourth-order valence-electron chi connectivity index (χ4n) is 2.28.